The molecule has 1 aromatic carbocycles. The molecule has 14 nitrogen and oxygen atoms in total. The topological polar surface area (TPSA) is 179 Å². The number of carbonyl (C=O) groups is 5. The normalized spacial score (nSPS) is 32.2. The van der Waals surface area contributed by atoms with Gasteiger partial charge >= 0.3 is 29.8 Å². The van der Waals surface area contributed by atoms with E-state index in [1.165, 1.54) is 18.7 Å². The third-order valence-corrected chi connectivity index (χ3v) is 7.43. The van der Waals surface area contributed by atoms with E-state index in [-0.39, 0.29) is 0 Å². The van der Waals surface area contributed by atoms with Gasteiger partial charge in [-0.15, -0.1) is 0 Å². The standard InChI is InChI=1S/C28H36O14S/c1-13-22(37-14(2)29)24(39-16(4)31)25(40-17(5)32)27(36-13)35-12-20-21(34)23(38-15(3)30)26(41-18(6)33)28(42-20)43-19-10-8-7-9-11-19/h7-11,13,20-28,34H,12H2,1-6H3/t13-,20-,21-,22-,23+,24+,25+,26-,27+,28+/m1/s1. The maximum absolute atomic E-state index is 12.0. The van der Waals surface area contributed by atoms with Gasteiger partial charge in [0.25, 0.3) is 0 Å². The van der Waals surface area contributed by atoms with Crippen LogP contribution in [0.5, 0.6) is 0 Å². The second-order valence-corrected chi connectivity index (χ2v) is 11.0. The van der Waals surface area contributed by atoms with E-state index in [9.17, 15) is 29.1 Å². The van der Waals surface area contributed by atoms with Crippen molar-refractivity contribution in [1.29, 1.82) is 0 Å². The fraction of sp³-hybridized carbons (Fsp3) is 0.607. The Labute approximate surface area is 252 Å². The molecule has 10 atom stereocenters. The lowest BCUT2D eigenvalue weighted by Crippen LogP contribution is -2.63. The van der Waals surface area contributed by atoms with E-state index in [0.717, 1.165) is 32.6 Å². The predicted octanol–water partition coefficient (Wildman–Crippen LogP) is 1.28. The largest absolute Gasteiger partial charge is 0.456 e. The first-order valence-electron chi connectivity index (χ1n) is 13.4. The Hall–Kier alpha value is -3.24. The lowest BCUT2D eigenvalue weighted by molar-refractivity contribution is -0.311. The Balaban J connectivity index is 1.89. The molecule has 1 N–H and O–H groups in total. The van der Waals surface area contributed by atoms with E-state index in [4.69, 9.17) is 37.9 Å². The summed E-state index contributed by atoms with van der Waals surface area (Å²) in [6, 6.07) is 9.00. The predicted molar refractivity (Wildman–Crippen MR) is 145 cm³/mol. The van der Waals surface area contributed by atoms with Gasteiger partial charge in [-0.25, -0.2) is 0 Å². The number of hydrogen-bond donors (Lipinski definition) is 1. The Morgan fingerprint density at radius 3 is 1.74 bits per heavy atom. The summed E-state index contributed by atoms with van der Waals surface area (Å²) in [5.74, 6) is -3.59. The molecule has 43 heavy (non-hydrogen) atoms. The molecule has 0 aromatic heterocycles. The fourth-order valence-electron chi connectivity index (χ4n) is 4.69. The molecule has 0 radical (unpaired) electrons. The third kappa shape index (κ3) is 9.63. The third-order valence-electron chi connectivity index (χ3n) is 6.28. The second-order valence-electron chi connectivity index (χ2n) is 9.88. The second kappa shape index (κ2) is 15.5. The molecule has 0 amide bonds. The summed E-state index contributed by atoms with van der Waals surface area (Å²) in [6.07, 6.45) is -11.3. The molecule has 0 bridgehead atoms. The van der Waals surface area contributed by atoms with E-state index in [1.54, 1.807) is 31.2 Å². The molecule has 15 heteroatoms. The molecule has 0 spiro atoms. The summed E-state index contributed by atoms with van der Waals surface area (Å²) >= 11 is 1.17. The van der Waals surface area contributed by atoms with Gasteiger partial charge in [0.15, 0.2) is 36.8 Å². The fourth-order valence-corrected chi connectivity index (χ4v) is 5.82. The molecule has 238 valence electrons. The van der Waals surface area contributed by atoms with Crippen LogP contribution in [0.15, 0.2) is 35.2 Å². The Morgan fingerprint density at radius 2 is 1.19 bits per heavy atom. The lowest BCUT2D eigenvalue weighted by atomic mass is 9.98. The molecule has 2 fully saturated rings. The SMILES string of the molecule is CC(=O)O[C@@H]1[C@H](OC(C)=O)[C@@H](OC[C@H]2O[C@@H](Sc3ccccc3)[C@H](OC(C)=O)[C@@H](OC(C)=O)[C@@H]2O)O[C@H](C)[C@H]1OC(C)=O. The van der Waals surface area contributed by atoms with Gasteiger partial charge in [-0.1, -0.05) is 30.0 Å². The van der Waals surface area contributed by atoms with Crippen molar-refractivity contribution >= 4 is 41.6 Å². The van der Waals surface area contributed by atoms with E-state index in [2.05, 4.69) is 0 Å². The molecule has 2 saturated heterocycles. The first kappa shape index (κ1) is 34.3. The van der Waals surface area contributed by atoms with Gasteiger partial charge in [-0.05, 0) is 19.1 Å². The van der Waals surface area contributed by atoms with E-state index >= 15 is 0 Å². The number of aliphatic hydroxyl groups excluding tert-OH is 1. The smallest absolute Gasteiger partial charge is 0.303 e. The highest BCUT2D eigenvalue weighted by atomic mass is 32.2. The molecule has 2 heterocycles. The van der Waals surface area contributed by atoms with Crippen LogP contribution >= 0.6 is 11.8 Å². The van der Waals surface area contributed by atoms with Crippen molar-refractivity contribution in [2.24, 2.45) is 0 Å². The van der Waals surface area contributed by atoms with Gasteiger partial charge in [0, 0.05) is 39.5 Å². The minimum Gasteiger partial charge on any atom is -0.456 e. The average molecular weight is 629 g/mol. The molecule has 0 unspecified atom stereocenters. The van der Waals surface area contributed by atoms with Crippen LogP contribution in [-0.2, 0) is 61.9 Å². The van der Waals surface area contributed by atoms with Gasteiger partial charge in [-0.2, -0.15) is 0 Å². The Bertz CT molecular complexity index is 1150. The Kier molecular flexibility index (Phi) is 12.3. The molecular weight excluding hydrogens is 592 g/mol. The van der Waals surface area contributed by atoms with E-state index in [0.29, 0.717) is 0 Å². The molecule has 1 aromatic rings. The van der Waals surface area contributed by atoms with Crippen molar-refractivity contribution < 1.29 is 67.0 Å². The van der Waals surface area contributed by atoms with Crippen LogP contribution < -0.4 is 0 Å². The van der Waals surface area contributed by atoms with Crippen LogP contribution in [-0.4, -0.2) is 102 Å². The van der Waals surface area contributed by atoms with E-state index in [1.807, 2.05) is 6.07 Å². The highest BCUT2D eigenvalue weighted by Gasteiger charge is 2.53. The molecule has 3 rings (SSSR count). The number of carbonyl (C=O) groups excluding carboxylic acids is 5. The zero-order valence-corrected chi connectivity index (χ0v) is 25.3. The summed E-state index contributed by atoms with van der Waals surface area (Å²) in [6.45, 7) is 6.88. The number of hydrogen-bond acceptors (Lipinski definition) is 15. The zero-order chi connectivity index (χ0) is 31.8. The van der Waals surface area contributed by atoms with Crippen LogP contribution in [0.2, 0.25) is 0 Å². The van der Waals surface area contributed by atoms with Crippen LogP contribution in [0.4, 0.5) is 0 Å². The summed E-state index contributed by atoms with van der Waals surface area (Å²) in [4.78, 5) is 60.4. The van der Waals surface area contributed by atoms with Crippen molar-refractivity contribution in [3.63, 3.8) is 0 Å². The monoisotopic (exact) mass is 628 g/mol. The maximum Gasteiger partial charge on any atom is 0.303 e. The van der Waals surface area contributed by atoms with Crippen LogP contribution in [0, 0.1) is 0 Å². The van der Waals surface area contributed by atoms with Gasteiger partial charge in [0.05, 0.1) is 12.7 Å². The number of aliphatic hydroxyl groups is 1. The molecule has 2 aliphatic rings. The molecule has 0 saturated carbocycles. The molecular formula is C28H36O14S. The average Bonchev–Trinajstić information content (AvgIpc) is 2.90. The molecule has 0 aliphatic carbocycles. The Morgan fingerprint density at radius 1 is 0.698 bits per heavy atom. The van der Waals surface area contributed by atoms with Gasteiger partial charge in [0.2, 0.25) is 0 Å². The summed E-state index contributed by atoms with van der Waals surface area (Å²) in [5.41, 5.74) is -0.953. The number of esters is 5. The van der Waals surface area contributed by atoms with Gasteiger partial charge < -0.3 is 43.0 Å². The van der Waals surface area contributed by atoms with Gasteiger partial charge in [0.1, 0.15) is 17.6 Å². The molecule has 2 aliphatic heterocycles. The van der Waals surface area contributed by atoms with Crippen molar-refractivity contribution in [2.75, 3.05) is 6.61 Å². The first-order chi connectivity index (χ1) is 20.3. The highest BCUT2D eigenvalue weighted by molar-refractivity contribution is 7.99. The van der Waals surface area contributed by atoms with Crippen molar-refractivity contribution in [3.05, 3.63) is 30.3 Å². The highest BCUT2D eigenvalue weighted by Crippen LogP contribution is 2.37. The van der Waals surface area contributed by atoms with Gasteiger partial charge in [-0.3, -0.25) is 24.0 Å². The quantitative estimate of drug-likeness (QED) is 0.289. The van der Waals surface area contributed by atoms with E-state index < -0.39 is 97.0 Å². The lowest BCUT2D eigenvalue weighted by Gasteiger charge is -2.45. The summed E-state index contributed by atoms with van der Waals surface area (Å²) < 4.78 is 44.8. The van der Waals surface area contributed by atoms with Crippen molar-refractivity contribution in [3.8, 4) is 0 Å². The maximum atomic E-state index is 12.0. The minimum absolute atomic E-state index is 0.405. The van der Waals surface area contributed by atoms with Crippen LogP contribution in [0.25, 0.3) is 0 Å². The summed E-state index contributed by atoms with van der Waals surface area (Å²) in [7, 11) is 0. The number of thioether (sulfide) groups is 1. The number of rotatable bonds is 10. The van der Waals surface area contributed by atoms with Crippen molar-refractivity contribution in [1.82, 2.24) is 0 Å². The minimum atomic E-state index is -1.54. The van der Waals surface area contributed by atoms with Crippen LogP contribution in [0.3, 0.4) is 0 Å². The number of benzene rings is 1. The zero-order valence-electron chi connectivity index (χ0n) is 24.5. The number of ether oxygens (including phenoxy) is 8. The summed E-state index contributed by atoms with van der Waals surface area (Å²) in [5, 5.41) is 11.2. The van der Waals surface area contributed by atoms with Crippen LogP contribution in [0.1, 0.15) is 41.5 Å². The van der Waals surface area contributed by atoms with Crippen molar-refractivity contribution in [2.45, 2.75) is 107 Å². The first-order valence-corrected chi connectivity index (χ1v) is 14.3.